The Morgan fingerprint density at radius 1 is 1.28 bits per heavy atom. The van der Waals surface area contributed by atoms with Crippen LogP contribution in [0.2, 0.25) is 0 Å². The summed E-state index contributed by atoms with van der Waals surface area (Å²) in [5.41, 5.74) is 2.74. The van der Waals surface area contributed by atoms with E-state index in [0.717, 1.165) is 25.1 Å². The van der Waals surface area contributed by atoms with Gasteiger partial charge in [0.15, 0.2) is 0 Å². The lowest BCUT2D eigenvalue weighted by Gasteiger charge is -2.14. The number of nitrogens with one attached hydrogen (secondary N) is 1. The van der Waals surface area contributed by atoms with Gasteiger partial charge in [0.1, 0.15) is 0 Å². The number of hydrogen-bond donors (Lipinski definition) is 1. The fourth-order valence-corrected chi connectivity index (χ4v) is 2.52. The van der Waals surface area contributed by atoms with Gasteiger partial charge in [-0.05, 0) is 37.4 Å². The van der Waals surface area contributed by atoms with Gasteiger partial charge in [0.25, 0.3) is 0 Å². The minimum atomic E-state index is -0.670. The second-order valence-electron chi connectivity index (χ2n) is 4.80. The van der Waals surface area contributed by atoms with Gasteiger partial charge in [-0.1, -0.05) is 37.6 Å². The second kappa shape index (κ2) is 8.44. The molecule has 102 valence electrons. The Morgan fingerprint density at radius 2 is 1.94 bits per heavy atom. The smallest absolute Gasteiger partial charge is 0.0291 e. The van der Waals surface area contributed by atoms with Crippen molar-refractivity contribution in [1.82, 2.24) is 5.32 Å². The molecule has 0 bridgehead atoms. The van der Waals surface area contributed by atoms with Crippen LogP contribution in [-0.2, 0) is 17.2 Å². The summed E-state index contributed by atoms with van der Waals surface area (Å²) in [4.78, 5) is 0. The first-order valence-corrected chi connectivity index (χ1v) is 8.48. The predicted molar refractivity (Wildman–Crippen MR) is 80.4 cm³/mol. The summed E-state index contributed by atoms with van der Waals surface area (Å²) in [6.45, 7) is 5.31. The van der Waals surface area contributed by atoms with Crippen LogP contribution in [0.15, 0.2) is 24.3 Å². The molecular weight excluding hydrogens is 242 g/mol. The highest BCUT2D eigenvalue weighted by molar-refractivity contribution is 7.84. The highest BCUT2D eigenvalue weighted by Crippen LogP contribution is 2.14. The molecule has 0 saturated heterocycles. The predicted octanol–water partition coefficient (Wildman–Crippen LogP) is 3.06. The molecule has 1 N–H and O–H groups in total. The molecule has 0 aliphatic rings. The van der Waals surface area contributed by atoms with Crippen LogP contribution in [-0.4, -0.2) is 22.8 Å². The van der Waals surface area contributed by atoms with E-state index in [1.807, 2.05) is 0 Å². The molecule has 0 aliphatic carbocycles. The van der Waals surface area contributed by atoms with Gasteiger partial charge >= 0.3 is 0 Å². The van der Waals surface area contributed by atoms with Crippen molar-refractivity contribution >= 4 is 10.8 Å². The lowest BCUT2D eigenvalue weighted by atomic mass is 10.0. The minimum Gasteiger partial charge on any atom is -0.310 e. The topological polar surface area (TPSA) is 29.1 Å². The SMILES string of the molecule is CCCc1ccc(C(C)NCCCS(C)=O)cc1. The Balaban J connectivity index is 2.36. The Morgan fingerprint density at radius 3 is 2.50 bits per heavy atom. The minimum absolute atomic E-state index is 0.367. The van der Waals surface area contributed by atoms with Crippen molar-refractivity contribution in [3.8, 4) is 0 Å². The summed E-state index contributed by atoms with van der Waals surface area (Å²) in [6.07, 6.45) is 5.09. The summed E-state index contributed by atoms with van der Waals surface area (Å²) in [7, 11) is -0.670. The van der Waals surface area contributed by atoms with Crippen molar-refractivity contribution in [3.63, 3.8) is 0 Å². The second-order valence-corrected chi connectivity index (χ2v) is 6.35. The van der Waals surface area contributed by atoms with Crippen molar-refractivity contribution < 1.29 is 4.21 Å². The number of benzene rings is 1. The summed E-state index contributed by atoms with van der Waals surface area (Å²) < 4.78 is 10.9. The molecule has 0 radical (unpaired) electrons. The first-order valence-electron chi connectivity index (χ1n) is 6.75. The van der Waals surface area contributed by atoms with Crippen LogP contribution in [0.3, 0.4) is 0 Å². The zero-order chi connectivity index (χ0) is 13.4. The lowest BCUT2D eigenvalue weighted by molar-refractivity contribution is 0.570. The third kappa shape index (κ3) is 5.78. The van der Waals surface area contributed by atoms with Crippen LogP contribution in [0.25, 0.3) is 0 Å². The molecule has 1 rings (SSSR count). The molecule has 18 heavy (non-hydrogen) atoms. The number of hydrogen-bond acceptors (Lipinski definition) is 2. The van der Waals surface area contributed by atoms with Crippen molar-refractivity contribution in [2.24, 2.45) is 0 Å². The third-order valence-corrected chi connectivity index (χ3v) is 3.94. The van der Waals surface area contributed by atoms with E-state index in [1.54, 1.807) is 6.26 Å². The summed E-state index contributed by atoms with van der Waals surface area (Å²) in [6, 6.07) is 9.23. The molecule has 0 saturated carbocycles. The molecule has 2 unspecified atom stereocenters. The van der Waals surface area contributed by atoms with Gasteiger partial charge in [-0.25, -0.2) is 0 Å². The lowest BCUT2D eigenvalue weighted by Crippen LogP contribution is -2.21. The highest BCUT2D eigenvalue weighted by Gasteiger charge is 2.04. The van der Waals surface area contributed by atoms with E-state index in [9.17, 15) is 4.21 Å². The molecule has 3 heteroatoms. The molecule has 2 atom stereocenters. The van der Waals surface area contributed by atoms with Crippen LogP contribution >= 0.6 is 0 Å². The van der Waals surface area contributed by atoms with E-state index < -0.39 is 10.8 Å². The molecule has 0 heterocycles. The van der Waals surface area contributed by atoms with Gasteiger partial charge in [0, 0.05) is 28.9 Å². The van der Waals surface area contributed by atoms with Gasteiger partial charge in [-0.2, -0.15) is 0 Å². The van der Waals surface area contributed by atoms with E-state index >= 15 is 0 Å². The Kier molecular flexibility index (Phi) is 7.21. The molecule has 1 aromatic carbocycles. The largest absolute Gasteiger partial charge is 0.310 e. The van der Waals surface area contributed by atoms with Gasteiger partial charge in [0.05, 0.1) is 0 Å². The highest BCUT2D eigenvalue weighted by atomic mass is 32.2. The first-order chi connectivity index (χ1) is 8.63. The Bertz CT molecular complexity index is 361. The maximum atomic E-state index is 10.9. The van der Waals surface area contributed by atoms with Crippen LogP contribution < -0.4 is 5.32 Å². The van der Waals surface area contributed by atoms with E-state index in [1.165, 1.54) is 17.5 Å². The number of aryl methyl sites for hydroxylation is 1. The average Bonchev–Trinajstić information content (AvgIpc) is 2.35. The van der Waals surface area contributed by atoms with Gasteiger partial charge in [0.2, 0.25) is 0 Å². The molecule has 0 aliphatic heterocycles. The van der Waals surface area contributed by atoms with Gasteiger partial charge in [-0.3, -0.25) is 4.21 Å². The van der Waals surface area contributed by atoms with E-state index in [0.29, 0.717) is 6.04 Å². The Labute approximate surface area is 114 Å². The summed E-state index contributed by atoms with van der Waals surface area (Å²) in [5.74, 6) is 0.787. The van der Waals surface area contributed by atoms with Crippen LogP contribution in [0.5, 0.6) is 0 Å². The van der Waals surface area contributed by atoms with Crippen molar-refractivity contribution in [2.75, 3.05) is 18.6 Å². The van der Waals surface area contributed by atoms with Crippen molar-refractivity contribution in [1.29, 1.82) is 0 Å². The summed E-state index contributed by atoms with van der Waals surface area (Å²) >= 11 is 0. The first kappa shape index (κ1) is 15.4. The number of rotatable bonds is 8. The third-order valence-electron chi connectivity index (χ3n) is 3.08. The fraction of sp³-hybridized carbons (Fsp3) is 0.600. The fourth-order valence-electron chi connectivity index (χ4n) is 1.97. The molecule has 0 fully saturated rings. The maximum absolute atomic E-state index is 10.9. The normalized spacial score (nSPS) is 14.4. The van der Waals surface area contributed by atoms with E-state index in [4.69, 9.17) is 0 Å². The van der Waals surface area contributed by atoms with Gasteiger partial charge < -0.3 is 5.32 Å². The zero-order valence-electron chi connectivity index (χ0n) is 11.7. The molecular formula is C15H25NOS. The van der Waals surface area contributed by atoms with E-state index in [-0.39, 0.29) is 0 Å². The quantitative estimate of drug-likeness (QED) is 0.733. The van der Waals surface area contributed by atoms with E-state index in [2.05, 4.69) is 43.4 Å². The van der Waals surface area contributed by atoms with Crippen molar-refractivity contribution in [3.05, 3.63) is 35.4 Å². The summed E-state index contributed by atoms with van der Waals surface area (Å²) in [5, 5.41) is 3.47. The van der Waals surface area contributed by atoms with Crippen LogP contribution in [0.1, 0.15) is 43.9 Å². The van der Waals surface area contributed by atoms with Crippen LogP contribution in [0, 0.1) is 0 Å². The molecule has 0 spiro atoms. The zero-order valence-corrected chi connectivity index (χ0v) is 12.6. The molecule has 1 aromatic rings. The maximum Gasteiger partial charge on any atom is 0.0291 e. The van der Waals surface area contributed by atoms with Crippen molar-refractivity contribution in [2.45, 2.75) is 39.2 Å². The standard InChI is InChI=1S/C15H25NOS/c1-4-6-14-7-9-15(10-8-14)13(2)16-11-5-12-18(3)17/h7-10,13,16H,4-6,11-12H2,1-3H3. The van der Waals surface area contributed by atoms with Crippen LogP contribution in [0.4, 0.5) is 0 Å². The monoisotopic (exact) mass is 267 g/mol. The molecule has 0 aromatic heterocycles. The van der Waals surface area contributed by atoms with Gasteiger partial charge in [-0.15, -0.1) is 0 Å². The molecule has 2 nitrogen and oxygen atoms in total. The Hall–Kier alpha value is -0.670. The molecule has 0 amide bonds. The average molecular weight is 267 g/mol.